The van der Waals surface area contributed by atoms with Gasteiger partial charge >= 0.3 is 6.09 Å². The molecular formula is C27H42N2O4S. The number of ether oxygens (including phenoxy) is 2. The molecule has 190 valence electrons. The summed E-state index contributed by atoms with van der Waals surface area (Å²) in [6.07, 6.45) is 5.50. The number of benzene rings is 1. The fourth-order valence-corrected chi connectivity index (χ4v) is 5.22. The number of nitrogens with zero attached hydrogens (tertiary/aromatic N) is 2. The molecule has 2 fully saturated rings. The van der Waals surface area contributed by atoms with E-state index in [1.807, 2.05) is 41.5 Å². The van der Waals surface area contributed by atoms with Crippen molar-refractivity contribution in [1.82, 2.24) is 4.90 Å². The molecule has 1 saturated carbocycles. The van der Waals surface area contributed by atoms with Crippen LogP contribution in [0.25, 0.3) is 0 Å². The maximum atomic E-state index is 13.0. The van der Waals surface area contributed by atoms with Crippen molar-refractivity contribution < 1.29 is 18.5 Å². The zero-order chi connectivity index (χ0) is 24.9. The first-order chi connectivity index (χ1) is 15.9. The highest BCUT2D eigenvalue weighted by atomic mass is 32.2. The second-order valence-corrected chi connectivity index (χ2v) is 13.4. The SMILES string of the molecule is CC(C)(C)OC(=O)N1CCCC(=N[S@](=O)C(C)(C)C)C1COC1CCC(c2ccccc2)CC1. The van der Waals surface area contributed by atoms with Crippen LogP contribution in [0, 0.1) is 0 Å². The van der Waals surface area contributed by atoms with Gasteiger partial charge in [0.25, 0.3) is 0 Å². The molecule has 0 bridgehead atoms. The van der Waals surface area contributed by atoms with Crippen LogP contribution in [-0.4, -0.2) is 56.6 Å². The Morgan fingerprint density at radius 2 is 1.71 bits per heavy atom. The Labute approximate surface area is 208 Å². The predicted molar refractivity (Wildman–Crippen MR) is 139 cm³/mol. The Bertz CT molecular complexity index is 865. The molecule has 1 aromatic rings. The molecule has 2 aliphatic rings. The summed E-state index contributed by atoms with van der Waals surface area (Å²) in [5.74, 6) is 0.584. The highest BCUT2D eigenvalue weighted by Gasteiger charge is 2.36. The Morgan fingerprint density at radius 3 is 2.29 bits per heavy atom. The number of carbonyl (C=O) groups excluding carboxylic acids is 1. The predicted octanol–water partition coefficient (Wildman–Crippen LogP) is 6.03. The van der Waals surface area contributed by atoms with E-state index in [1.165, 1.54) is 5.56 Å². The lowest BCUT2D eigenvalue weighted by Gasteiger charge is -2.38. The van der Waals surface area contributed by atoms with Crippen LogP contribution < -0.4 is 0 Å². The van der Waals surface area contributed by atoms with Gasteiger partial charge in [0.1, 0.15) is 16.6 Å². The fourth-order valence-electron chi connectivity index (χ4n) is 4.52. The van der Waals surface area contributed by atoms with E-state index < -0.39 is 21.3 Å². The summed E-state index contributed by atoms with van der Waals surface area (Å²) in [5.41, 5.74) is 1.60. The molecule has 7 heteroatoms. The first-order valence-electron chi connectivity index (χ1n) is 12.6. The molecule has 0 N–H and O–H groups in total. The maximum Gasteiger partial charge on any atom is 0.410 e. The summed E-state index contributed by atoms with van der Waals surface area (Å²) < 4.78 is 29.0. The zero-order valence-electron chi connectivity index (χ0n) is 21.7. The Hall–Kier alpha value is -1.73. The van der Waals surface area contributed by atoms with Gasteiger partial charge in [0.2, 0.25) is 0 Å². The number of hydrogen-bond acceptors (Lipinski definition) is 4. The van der Waals surface area contributed by atoms with Crippen LogP contribution in [-0.2, 0) is 20.5 Å². The van der Waals surface area contributed by atoms with Crippen molar-refractivity contribution >= 4 is 22.8 Å². The molecule has 0 radical (unpaired) electrons. The molecule has 1 aliphatic heterocycles. The van der Waals surface area contributed by atoms with Crippen molar-refractivity contribution in [3.63, 3.8) is 0 Å². The average Bonchev–Trinajstić information content (AvgIpc) is 2.77. The summed E-state index contributed by atoms with van der Waals surface area (Å²) in [4.78, 5) is 14.7. The minimum atomic E-state index is -1.38. The van der Waals surface area contributed by atoms with Crippen LogP contribution >= 0.6 is 0 Å². The van der Waals surface area contributed by atoms with Crippen molar-refractivity contribution in [1.29, 1.82) is 0 Å². The zero-order valence-corrected chi connectivity index (χ0v) is 22.5. The van der Waals surface area contributed by atoms with Crippen molar-refractivity contribution in [2.75, 3.05) is 13.2 Å². The lowest BCUT2D eigenvalue weighted by molar-refractivity contribution is -0.0155. The van der Waals surface area contributed by atoms with Gasteiger partial charge in [0, 0.05) is 6.54 Å². The number of amides is 1. The van der Waals surface area contributed by atoms with E-state index in [1.54, 1.807) is 4.90 Å². The van der Waals surface area contributed by atoms with Crippen LogP contribution in [0.5, 0.6) is 0 Å². The largest absolute Gasteiger partial charge is 0.444 e. The van der Waals surface area contributed by atoms with E-state index in [4.69, 9.17) is 9.47 Å². The van der Waals surface area contributed by atoms with Crippen molar-refractivity contribution in [3.8, 4) is 0 Å². The molecule has 1 saturated heterocycles. The molecule has 1 amide bonds. The average molecular weight is 491 g/mol. The minimum absolute atomic E-state index is 0.164. The first kappa shape index (κ1) is 26.9. The summed E-state index contributed by atoms with van der Waals surface area (Å²) in [6.45, 7) is 12.3. The standard InChI is InChI=1S/C27H42N2O4S/c1-26(2,3)33-25(30)29-18-10-13-23(28-34(31)27(4,5)6)24(29)19-32-22-16-14-21(15-17-22)20-11-8-7-9-12-20/h7-9,11-12,21-22,24H,10,13-19H2,1-6H3/t21?,22?,24?,34-/m1/s1. The van der Waals surface area contributed by atoms with Crippen LogP contribution in [0.3, 0.4) is 0 Å². The highest BCUT2D eigenvalue weighted by Crippen LogP contribution is 2.34. The van der Waals surface area contributed by atoms with Gasteiger partial charge in [-0.2, -0.15) is 4.40 Å². The molecule has 3 rings (SSSR count). The monoisotopic (exact) mass is 490 g/mol. The first-order valence-corrected chi connectivity index (χ1v) is 13.7. The Balaban J connectivity index is 1.69. The lowest BCUT2D eigenvalue weighted by atomic mass is 9.83. The molecule has 0 spiro atoms. The van der Waals surface area contributed by atoms with Gasteiger partial charge < -0.3 is 9.47 Å². The number of carbonyl (C=O) groups is 1. The van der Waals surface area contributed by atoms with E-state index in [-0.39, 0.29) is 18.2 Å². The van der Waals surface area contributed by atoms with Gasteiger partial charge in [-0.05, 0) is 91.5 Å². The topological polar surface area (TPSA) is 68.2 Å². The van der Waals surface area contributed by atoms with Gasteiger partial charge in [0.05, 0.1) is 29.2 Å². The maximum absolute atomic E-state index is 13.0. The van der Waals surface area contributed by atoms with Crippen molar-refractivity contribution in [2.45, 2.75) is 108 Å². The van der Waals surface area contributed by atoms with E-state index in [2.05, 4.69) is 34.7 Å². The lowest BCUT2D eigenvalue weighted by Crippen LogP contribution is -2.53. The van der Waals surface area contributed by atoms with Gasteiger partial charge in [-0.25, -0.2) is 9.00 Å². The van der Waals surface area contributed by atoms with Gasteiger partial charge in [-0.15, -0.1) is 0 Å². The van der Waals surface area contributed by atoms with Crippen LogP contribution in [0.4, 0.5) is 4.79 Å². The van der Waals surface area contributed by atoms with Gasteiger partial charge in [-0.1, -0.05) is 30.3 Å². The summed E-state index contributed by atoms with van der Waals surface area (Å²) in [7, 11) is -1.38. The number of likely N-dealkylation sites (tertiary alicyclic amines) is 1. The minimum Gasteiger partial charge on any atom is -0.444 e. The Morgan fingerprint density at radius 1 is 1.06 bits per heavy atom. The van der Waals surface area contributed by atoms with Crippen molar-refractivity contribution in [3.05, 3.63) is 35.9 Å². The second-order valence-electron chi connectivity index (χ2n) is 11.5. The molecule has 1 heterocycles. The molecule has 1 aliphatic carbocycles. The quantitative estimate of drug-likeness (QED) is 0.505. The molecule has 6 nitrogen and oxygen atoms in total. The fraction of sp³-hybridized carbons (Fsp3) is 0.704. The molecule has 0 aromatic heterocycles. The van der Waals surface area contributed by atoms with E-state index in [0.717, 1.165) is 44.2 Å². The summed E-state index contributed by atoms with van der Waals surface area (Å²) in [6, 6.07) is 10.4. The molecule has 1 aromatic carbocycles. The highest BCUT2D eigenvalue weighted by molar-refractivity contribution is 7.85. The molecule has 34 heavy (non-hydrogen) atoms. The normalized spacial score (nSPS) is 26.4. The molecule has 1 unspecified atom stereocenters. The van der Waals surface area contributed by atoms with Crippen molar-refractivity contribution in [2.24, 2.45) is 4.40 Å². The third kappa shape index (κ3) is 7.64. The smallest absolute Gasteiger partial charge is 0.410 e. The van der Waals surface area contributed by atoms with E-state index >= 15 is 0 Å². The van der Waals surface area contributed by atoms with E-state index in [9.17, 15) is 9.00 Å². The Kier molecular flexibility index (Phi) is 8.96. The van der Waals surface area contributed by atoms with E-state index in [0.29, 0.717) is 19.1 Å². The van der Waals surface area contributed by atoms with Gasteiger partial charge in [0.15, 0.2) is 0 Å². The van der Waals surface area contributed by atoms with Gasteiger partial charge in [-0.3, -0.25) is 4.90 Å². The second kappa shape index (κ2) is 11.3. The van der Waals surface area contributed by atoms with Crippen LogP contribution in [0.2, 0.25) is 0 Å². The molecule has 2 atom stereocenters. The van der Waals surface area contributed by atoms with Crippen LogP contribution in [0.15, 0.2) is 34.7 Å². The van der Waals surface area contributed by atoms with Crippen LogP contribution in [0.1, 0.15) is 91.5 Å². The third-order valence-corrected chi connectivity index (χ3v) is 7.83. The summed E-state index contributed by atoms with van der Waals surface area (Å²) in [5, 5.41) is 0. The summed E-state index contributed by atoms with van der Waals surface area (Å²) >= 11 is 0. The third-order valence-electron chi connectivity index (χ3n) is 6.38. The number of piperidine rings is 1. The number of rotatable bonds is 5. The number of hydrogen-bond donors (Lipinski definition) is 0. The molecular weight excluding hydrogens is 448 g/mol.